The summed E-state index contributed by atoms with van der Waals surface area (Å²) in [5.41, 5.74) is 1.14. The smallest absolute Gasteiger partial charge is 0.318 e. The lowest BCUT2D eigenvalue weighted by Gasteiger charge is -2.24. The van der Waals surface area contributed by atoms with Crippen molar-refractivity contribution in [2.24, 2.45) is 0 Å². The second-order valence-corrected chi connectivity index (χ2v) is 5.09. The molecule has 1 N–H and O–H groups in total. The number of rotatable bonds is 5. The van der Waals surface area contributed by atoms with Crippen LogP contribution < -0.4 is 5.32 Å². The standard InChI is InChI=1S/C16H22N2O/c1-2-12-18(13-14-8-4-3-5-9-14)16(19)17-15-10-6-7-11-15/h2-5,8-9,15H,1,6-7,10-13H2,(H,17,19). The molecule has 3 nitrogen and oxygen atoms in total. The molecule has 0 saturated heterocycles. The Morgan fingerprint density at radius 3 is 2.63 bits per heavy atom. The van der Waals surface area contributed by atoms with Crippen molar-refractivity contribution in [2.75, 3.05) is 6.54 Å². The van der Waals surface area contributed by atoms with Gasteiger partial charge in [-0.25, -0.2) is 4.79 Å². The second-order valence-electron chi connectivity index (χ2n) is 5.09. The van der Waals surface area contributed by atoms with Gasteiger partial charge in [0.05, 0.1) is 0 Å². The summed E-state index contributed by atoms with van der Waals surface area (Å²) in [5.74, 6) is 0. The van der Waals surface area contributed by atoms with Crippen molar-refractivity contribution >= 4 is 6.03 Å². The Kier molecular flexibility index (Phi) is 5.01. The fraction of sp³-hybridized carbons (Fsp3) is 0.438. The minimum absolute atomic E-state index is 0.0238. The SMILES string of the molecule is C=CCN(Cc1ccccc1)C(=O)NC1CCCC1. The second kappa shape index (κ2) is 6.98. The summed E-state index contributed by atoms with van der Waals surface area (Å²) in [6, 6.07) is 10.4. The van der Waals surface area contributed by atoms with E-state index in [1.165, 1.54) is 12.8 Å². The van der Waals surface area contributed by atoms with Gasteiger partial charge in [0.1, 0.15) is 0 Å². The van der Waals surface area contributed by atoms with Crippen LogP contribution in [-0.4, -0.2) is 23.5 Å². The first kappa shape index (κ1) is 13.7. The van der Waals surface area contributed by atoms with Gasteiger partial charge in [-0.3, -0.25) is 0 Å². The Morgan fingerprint density at radius 1 is 1.32 bits per heavy atom. The van der Waals surface area contributed by atoms with E-state index in [-0.39, 0.29) is 6.03 Å². The van der Waals surface area contributed by atoms with Gasteiger partial charge in [-0.2, -0.15) is 0 Å². The van der Waals surface area contributed by atoms with Crippen LogP contribution in [0.1, 0.15) is 31.2 Å². The van der Waals surface area contributed by atoms with Gasteiger partial charge in [-0.05, 0) is 18.4 Å². The highest BCUT2D eigenvalue weighted by molar-refractivity contribution is 5.74. The van der Waals surface area contributed by atoms with E-state index in [4.69, 9.17) is 0 Å². The van der Waals surface area contributed by atoms with Crippen molar-refractivity contribution in [1.82, 2.24) is 10.2 Å². The predicted octanol–water partition coefficient (Wildman–Crippen LogP) is 3.33. The number of nitrogens with zero attached hydrogens (tertiary/aromatic N) is 1. The molecule has 0 bridgehead atoms. The van der Waals surface area contributed by atoms with Crippen LogP contribution in [0, 0.1) is 0 Å². The topological polar surface area (TPSA) is 32.3 Å². The number of carbonyl (C=O) groups is 1. The fourth-order valence-electron chi connectivity index (χ4n) is 2.51. The zero-order valence-electron chi connectivity index (χ0n) is 11.3. The molecule has 102 valence electrons. The van der Waals surface area contributed by atoms with E-state index in [9.17, 15) is 4.79 Å². The van der Waals surface area contributed by atoms with E-state index in [1.807, 2.05) is 30.3 Å². The van der Waals surface area contributed by atoms with Gasteiger partial charge < -0.3 is 10.2 Å². The first-order valence-electron chi connectivity index (χ1n) is 7.00. The van der Waals surface area contributed by atoms with Gasteiger partial charge in [0, 0.05) is 19.1 Å². The van der Waals surface area contributed by atoms with Crippen LogP contribution in [0.2, 0.25) is 0 Å². The van der Waals surface area contributed by atoms with Crippen molar-refractivity contribution in [1.29, 1.82) is 0 Å². The first-order chi connectivity index (χ1) is 9.29. The number of urea groups is 1. The Labute approximate surface area is 115 Å². The number of amides is 2. The molecule has 2 amide bonds. The van der Waals surface area contributed by atoms with Crippen molar-refractivity contribution in [3.8, 4) is 0 Å². The molecule has 0 radical (unpaired) electrons. The molecule has 0 unspecified atom stereocenters. The molecule has 1 aromatic rings. The van der Waals surface area contributed by atoms with Gasteiger partial charge in [0.25, 0.3) is 0 Å². The number of hydrogen-bond donors (Lipinski definition) is 1. The van der Waals surface area contributed by atoms with E-state index in [0.717, 1.165) is 18.4 Å². The van der Waals surface area contributed by atoms with Crippen molar-refractivity contribution in [2.45, 2.75) is 38.3 Å². The van der Waals surface area contributed by atoms with Crippen LogP contribution in [0.5, 0.6) is 0 Å². The summed E-state index contributed by atoms with van der Waals surface area (Å²) < 4.78 is 0. The van der Waals surface area contributed by atoms with E-state index in [1.54, 1.807) is 11.0 Å². The maximum absolute atomic E-state index is 12.3. The van der Waals surface area contributed by atoms with Crippen molar-refractivity contribution in [3.05, 3.63) is 48.6 Å². The molecule has 1 aliphatic carbocycles. The fourth-order valence-corrected chi connectivity index (χ4v) is 2.51. The van der Waals surface area contributed by atoms with E-state index in [2.05, 4.69) is 11.9 Å². The minimum atomic E-state index is 0.0238. The molecule has 0 heterocycles. The molecular weight excluding hydrogens is 236 g/mol. The van der Waals surface area contributed by atoms with Crippen LogP contribution in [-0.2, 0) is 6.54 Å². The van der Waals surface area contributed by atoms with Crippen molar-refractivity contribution in [3.63, 3.8) is 0 Å². The molecule has 0 atom stereocenters. The summed E-state index contributed by atoms with van der Waals surface area (Å²) in [7, 11) is 0. The summed E-state index contributed by atoms with van der Waals surface area (Å²) in [4.78, 5) is 14.1. The summed E-state index contributed by atoms with van der Waals surface area (Å²) in [6.07, 6.45) is 6.45. The van der Waals surface area contributed by atoms with E-state index >= 15 is 0 Å². The van der Waals surface area contributed by atoms with E-state index in [0.29, 0.717) is 19.1 Å². The maximum atomic E-state index is 12.3. The molecule has 3 heteroatoms. The number of hydrogen-bond acceptors (Lipinski definition) is 1. The monoisotopic (exact) mass is 258 g/mol. The van der Waals surface area contributed by atoms with Crippen LogP contribution in [0.25, 0.3) is 0 Å². The third-order valence-electron chi connectivity index (χ3n) is 3.54. The normalized spacial score (nSPS) is 15.2. The molecule has 2 rings (SSSR count). The summed E-state index contributed by atoms with van der Waals surface area (Å²) in [6.45, 7) is 4.94. The molecule has 1 aliphatic rings. The highest BCUT2D eigenvalue weighted by atomic mass is 16.2. The minimum Gasteiger partial charge on any atom is -0.335 e. The largest absolute Gasteiger partial charge is 0.335 e. The molecule has 1 aromatic carbocycles. The van der Waals surface area contributed by atoms with Crippen molar-refractivity contribution < 1.29 is 4.79 Å². The average Bonchev–Trinajstić information content (AvgIpc) is 2.92. The molecular formula is C16H22N2O. The third-order valence-corrected chi connectivity index (χ3v) is 3.54. The molecule has 0 aliphatic heterocycles. The summed E-state index contributed by atoms with van der Waals surface area (Å²) >= 11 is 0. The van der Waals surface area contributed by atoms with Crippen LogP contribution >= 0.6 is 0 Å². The van der Waals surface area contributed by atoms with Crippen LogP contribution in [0.15, 0.2) is 43.0 Å². The zero-order chi connectivity index (χ0) is 13.5. The molecule has 0 aromatic heterocycles. The highest BCUT2D eigenvalue weighted by Crippen LogP contribution is 2.18. The lowest BCUT2D eigenvalue weighted by molar-refractivity contribution is 0.197. The maximum Gasteiger partial charge on any atom is 0.318 e. The van der Waals surface area contributed by atoms with E-state index < -0.39 is 0 Å². The number of carbonyl (C=O) groups excluding carboxylic acids is 1. The lowest BCUT2D eigenvalue weighted by atomic mass is 10.2. The number of benzene rings is 1. The quantitative estimate of drug-likeness (QED) is 0.807. The predicted molar refractivity (Wildman–Crippen MR) is 77.8 cm³/mol. The molecule has 1 fully saturated rings. The van der Waals surface area contributed by atoms with Crippen LogP contribution in [0.3, 0.4) is 0 Å². The van der Waals surface area contributed by atoms with Gasteiger partial charge in [-0.15, -0.1) is 6.58 Å². The van der Waals surface area contributed by atoms with Gasteiger partial charge in [0.15, 0.2) is 0 Å². The van der Waals surface area contributed by atoms with Crippen LogP contribution in [0.4, 0.5) is 4.79 Å². The molecule has 0 spiro atoms. The van der Waals surface area contributed by atoms with Gasteiger partial charge >= 0.3 is 6.03 Å². The Balaban J connectivity index is 1.94. The highest BCUT2D eigenvalue weighted by Gasteiger charge is 2.20. The van der Waals surface area contributed by atoms with Gasteiger partial charge in [0.2, 0.25) is 0 Å². The van der Waals surface area contributed by atoms with Gasteiger partial charge in [-0.1, -0.05) is 49.2 Å². The Morgan fingerprint density at radius 2 is 2.00 bits per heavy atom. The number of nitrogens with one attached hydrogen (secondary N) is 1. The Hall–Kier alpha value is -1.77. The average molecular weight is 258 g/mol. The first-order valence-corrected chi connectivity index (χ1v) is 7.00. The lowest BCUT2D eigenvalue weighted by Crippen LogP contribution is -2.43. The molecule has 19 heavy (non-hydrogen) atoms. The Bertz CT molecular complexity index is 410. The molecule has 1 saturated carbocycles. The third kappa shape index (κ3) is 4.12. The zero-order valence-corrected chi connectivity index (χ0v) is 11.3. The summed E-state index contributed by atoms with van der Waals surface area (Å²) in [5, 5.41) is 3.12.